The zero-order chi connectivity index (χ0) is 24.2. The van der Waals surface area contributed by atoms with Gasteiger partial charge in [0, 0.05) is 16.7 Å². The van der Waals surface area contributed by atoms with Crippen LogP contribution in [0.3, 0.4) is 0 Å². The molecule has 176 valence electrons. The maximum Gasteiger partial charge on any atom is 0.340 e. The van der Waals surface area contributed by atoms with E-state index in [1.807, 2.05) is 31.2 Å². The quantitative estimate of drug-likeness (QED) is 0.260. The van der Waals surface area contributed by atoms with Crippen LogP contribution in [0.4, 0.5) is 0 Å². The number of pyridine rings is 1. The summed E-state index contributed by atoms with van der Waals surface area (Å²) >= 11 is 1.28. The average Bonchev–Trinajstić information content (AvgIpc) is 3.35. The van der Waals surface area contributed by atoms with E-state index in [2.05, 4.69) is 10.2 Å². The Morgan fingerprint density at radius 3 is 2.35 bits per heavy atom. The Bertz CT molecular complexity index is 1330. The van der Waals surface area contributed by atoms with Crippen molar-refractivity contribution < 1.29 is 28.2 Å². The molecule has 0 bridgehead atoms. The van der Waals surface area contributed by atoms with Crippen molar-refractivity contribution in [2.45, 2.75) is 17.9 Å². The molecule has 4 rings (SSSR count). The second-order valence-corrected chi connectivity index (χ2v) is 8.07. The van der Waals surface area contributed by atoms with Crippen molar-refractivity contribution in [2.24, 2.45) is 0 Å². The van der Waals surface area contributed by atoms with E-state index in [1.165, 1.54) is 40.2 Å². The Morgan fingerprint density at radius 1 is 1.00 bits per heavy atom. The molecule has 34 heavy (non-hydrogen) atoms. The number of aryl methyl sites for hydroxylation is 1. The molecular formula is C24H23N3O6S. The number of hydrogen-bond donors (Lipinski definition) is 0. The third-order valence-corrected chi connectivity index (χ3v) is 6.10. The molecule has 0 saturated heterocycles. The number of nitrogens with zero attached hydrogens (tertiary/aromatic N) is 3. The third kappa shape index (κ3) is 4.36. The van der Waals surface area contributed by atoms with Crippen LogP contribution in [0, 0.1) is 6.92 Å². The van der Waals surface area contributed by atoms with Crippen molar-refractivity contribution in [1.29, 1.82) is 0 Å². The number of carbonyl (C=O) groups is 1. The van der Waals surface area contributed by atoms with Crippen molar-refractivity contribution in [1.82, 2.24) is 15.2 Å². The summed E-state index contributed by atoms with van der Waals surface area (Å²) in [5.41, 5.74) is 3.26. The first kappa shape index (κ1) is 23.4. The molecule has 0 N–H and O–H groups in total. The largest absolute Gasteiger partial charge is 0.493 e. The molecule has 0 unspecified atom stereocenters. The van der Waals surface area contributed by atoms with E-state index in [1.54, 1.807) is 12.1 Å². The molecule has 4 aromatic rings. The highest BCUT2D eigenvalue weighted by atomic mass is 32.2. The fourth-order valence-corrected chi connectivity index (χ4v) is 4.34. The molecule has 2 aromatic heterocycles. The molecule has 0 aliphatic carbocycles. The van der Waals surface area contributed by atoms with Gasteiger partial charge < -0.3 is 23.4 Å². The minimum absolute atomic E-state index is 0.289. The zero-order valence-electron chi connectivity index (χ0n) is 19.4. The van der Waals surface area contributed by atoms with Crippen LogP contribution in [0.25, 0.3) is 22.4 Å². The van der Waals surface area contributed by atoms with Gasteiger partial charge in [0.1, 0.15) is 0 Å². The number of thioether (sulfide) groups is 1. The highest BCUT2D eigenvalue weighted by molar-refractivity contribution is 7.98. The maximum atomic E-state index is 12.5. The van der Waals surface area contributed by atoms with E-state index in [9.17, 15) is 4.79 Å². The molecule has 0 radical (unpaired) electrons. The minimum Gasteiger partial charge on any atom is -0.493 e. The summed E-state index contributed by atoms with van der Waals surface area (Å²) in [6.45, 7) is 1.89. The lowest BCUT2D eigenvalue weighted by Gasteiger charge is -2.13. The van der Waals surface area contributed by atoms with Crippen molar-refractivity contribution in [3.8, 4) is 28.7 Å². The predicted octanol–water partition coefficient (Wildman–Crippen LogP) is 4.70. The predicted molar refractivity (Wildman–Crippen MR) is 127 cm³/mol. The molecule has 2 heterocycles. The van der Waals surface area contributed by atoms with E-state index in [0.29, 0.717) is 45.0 Å². The van der Waals surface area contributed by atoms with E-state index >= 15 is 0 Å². The summed E-state index contributed by atoms with van der Waals surface area (Å²) in [7, 11) is 5.96. The van der Waals surface area contributed by atoms with Gasteiger partial charge in [-0.3, -0.25) is 4.98 Å². The Balaban J connectivity index is 1.64. The van der Waals surface area contributed by atoms with Gasteiger partial charge in [-0.15, -0.1) is 10.2 Å². The van der Waals surface area contributed by atoms with E-state index < -0.39 is 5.97 Å². The van der Waals surface area contributed by atoms with Crippen LogP contribution in [0.15, 0.2) is 46.0 Å². The molecule has 0 amide bonds. The lowest BCUT2D eigenvalue weighted by Crippen LogP contribution is -2.10. The van der Waals surface area contributed by atoms with Crippen molar-refractivity contribution >= 4 is 28.6 Å². The maximum absolute atomic E-state index is 12.5. The van der Waals surface area contributed by atoms with Crippen LogP contribution in [0.5, 0.6) is 17.2 Å². The van der Waals surface area contributed by atoms with Gasteiger partial charge in [0.2, 0.25) is 11.6 Å². The van der Waals surface area contributed by atoms with E-state index in [4.69, 9.17) is 28.3 Å². The monoisotopic (exact) mass is 481 g/mol. The highest BCUT2D eigenvalue weighted by Crippen LogP contribution is 2.41. The first-order chi connectivity index (χ1) is 16.5. The number of aromatic nitrogens is 3. The van der Waals surface area contributed by atoms with Gasteiger partial charge in [-0.2, -0.15) is 0 Å². The first-order valence-electron chi connectivity index (χ1n) is 10.2. The number of hydrogen-bond acceptors (Lipinski definition) is 10. The Kier molecular flexibility index (Phi) is 6.87. The Morgan fingerprint density at radius 2 is 1.71 bits per heavy atom. The molecule has 2 aromatic carbocycles. The number of fused-ring (bicyclic) bond motifs is 1. The van der Waals surface area contributed by atoms with Crippen LogP contribution in [-0.2, 0) is 10.5 Å². The number of para-hydroxylation sites is 1. The molecule has 0 atom stereocenters. The summed E-state index contributed by atoms with van der Waals surface area (Å²) in [4.78, 5) is 17.2. The van der Waals surface area contributed by atoms with Gasteiger partial charge in [0.15, 0.2) is 11.5 Å². The van der Waals surface area contributed by atoms with Crippen LogP contribution in [0.1, 0.15) is 21.6 Å². The fourth-order valence-electron chi connectivity index (χ4n) is 3.64. The molecule has 0 aliphatic heterocycles. The topological polar surface area (TPSA) is 106 Å². The second-order valence-electron chi connectivity index (χ2n) is 7.14. The molecule has 0 saturated carbocycles. The fraction of sp³-hybridized carbons (Fsp3) is 0.250. The number of rotatable bonds is 8. The van der Waals surface area contributed by atoms with Gasteiger partial charge in [0.05, 0.1) is 45.2 Å². The standard InChI is InChI=1S/C24H23N3O6S/c1-13-15-8-6-7-9-16(15)25-17(20(13)23(28)32-5)12-34-24-27-26-22(33-24)14-10-18(29-2)21(31-4)19(11-14)30-3/h6-11H,12H2,1-5H3. The Hall–Kier alpha value is -3.79. The van der Waals surface area contributed by atoms with Gasteiger partial charge in [0.25, 0.3) is 5.22 Å². The van der Waals surface area contributed by atoms with Crippen molar-refractivity contribution in [3.63, 3.8) is 0 Å². The first-order valence-corrected chi connectivity index (χ1v) is 11.2. The summed E-state index contributed by atoms with van der Waals surface area (Å²) in [6.07, 6.45) is 0. The number of esters is 1. The van der Waals surface area contributed by atoms with Crippen LogP contribution in [-0.4, -0.2) is 49.6 Å². The smallest absolute Gasteiger partial charge is 0.340 e. The van der Waals surface area contributed by atoms with E-state index in [0.717, 1.165) is 16.5 Å². The van der Waals surface area contributed by atoms with E-state index in [-0.39, 0.29) is 5.89 Å². The number of benzene rings is 2. The minimum atomic E-state index is -0.435. The number of methoxy groups -OCH3 is 4. The summed E-state index contributed by atoms with van der Waals surface area (Å²) in [5, 5.41) is 9.50. The summed E-state index contributed by atoms with van der Waals surface area (Å²) < 4.78 is 27.0. The normalized spacial score (nSPS) is 10.9. The Labute approximate surface area is 200 Å². The van der Waals surface area contributed by atoms with Crippen molar-refractivity contribution in [2.75, 3.05) is 28.4 Å². The van der Waals surface area contributed by atoms with Crippen molar-refractivity contribution in [3.05, 3.63) is 53.2 Å². The van der Waals surface area contributed by atoms with Gasteiger partial charge in [-0.05, 0) is 30.7 Å². The second kappa shape index (κ2) is 10.0. The summed E-state index contributed by atoms with van der Waals surface area (Å²) in [6, 6.07) is 11.1. The number of carbonyl (C=O) groups excluding carboxylic acids is 1. The van der Waals surface area contributed by atoms with Crippen LogP contribution in [0.2, 0.25) is 0 Å². The van der Waals surface area contributed by atoms with Crippen LogP contribution < -0.4 is 14.2 Å². The lowest BCUT2D eigenvalue weighted by atomic mass is 10.0. The highest BCUT2D eigenvalue weighted by Gasteiger charge is 2.21. The molecule has 0 spiro atoms. The lowest BCUT2D eigenvalue weighted by molar-refractivity contribution is 0.0598. The van der Waals surface area contributed by atoms with Gasteiger partial charge >= 0.3 is 5.97 Å². The van der Waals surface area contributed by atoms with Crippen LogP contribution >= 0.6 is 11.8 Å². The molecule has 9 nitrogen and oxygen atoms in total. The van der Waals surface area contributed by atoms with Gasteiger partial charge in [-0.1, -0.05) is 30.0 Å². The third-order valence-electron chi connectivity index (χ3n) is 5.27. The number of ether oxygens (including phenoxy) is 4. The molecular weight excluding hydrogens is 458 g/mol. The molecule has 0 fully saturated rings. The average molecular weight is 482 g/mol. The summed E-state index contributed by atoms with van der Waals surface area (Å²) in [5.74, 6) is 1.61. The molecule has 0 aliphatic rings. The van der Waals surface area contributed by atoms with Gasteiger partial charge in [-0.25, -0.2) is 4.79 Å². The molecule has 10 heteroatoms. The zero-order valence-corrected chi connectivity index (χ0v) is 20.2. The SMILES string of the molecule is COC(=O)c1c(CSc2nnc(-c3cc(OC)c(OC)c(OC)c3)o2)nc2ccccc2c1C.